The van der Waals surface area contributed by atoms with Crippen molar-refractivity contribution in [2.75, 3.05) is 26.1 Å². The van der Waals surface area contributed by atoms with Crippen molar-refractivity contribution in [1.29, 1.82) is 0 Å². The lowest BCUT2D eigenvalue weighted by atomic mass is 10.1. The summed E-state index contributed by atoms with van der Waals surface area (Å²) in [5.74, 6) is 7.67. The van der Waals surface area contributed by atoms with E-state index in [9.17, 15) is 0 Å². The van der Waals surface area contributed by atoms with Gasteiger partial charge in [-0.05, 0) is 29.9 Å². The van der Waals surface area contributed by atoms with E-state index < -0.39 is 0 Å². The molecule has 0 aliphatic heterocycles. The number of benzene rings is 1. The van der Waals surface area contributed by atoms with Crippen molar-refractivity contribution in [3.63, 3.8) is 0 Å². The minimum Gasteiger partial charge on any atom is -0.385 e. The Morgan fingerprint density at radius 2 is 2.06 bits per heavy atom. The van der Waals surface area contributed by atoms with Crippen LogP contribution >= 0.6 is 11.8 Å². The molecule has 0 fully saturated rings. The fourth-order valence-corrected chi connectivity index (χ4v) is 2.22. The standard InChI is InChI=1S/C14H18O2S/c1-16-10-3-11-17-12-14-7-5-13(6-8-14)4-2-9-15/h5-8,15H,3,9-12H2,1H3. The molecule has 0 unspecified atom stereocenters. The summed E-state index contributed by atoms with van der Waals surface area (Å²) in [4.78, 5) is 0. The van der Waals surface area contributed by atoms with Crippen LogP contribution in [0.5, 0.6) is 0 Å². The third kappa shape index (κ3) is 6.38. The van der Waals surface area contributed by atoms with Gasteiger partial charge in [-0.1, -0.05) is 24.0 Å². The van der Waals surface area contributed by atoms with Crippen molar-refractivity contribution in [3.05, 3.63) is 35.4 Å². The third-order valence-electron chi connectivity index (χ3n) is 2.17. The van der Waals surface area contributed by atoms with Gasteiger partial charge < -0.3 is 9.84 Å². The first-order chi connectivity index (χ1) is 8.36. The number of aliphatic hydroxyl groups is 1. The molecular weight excluding hydrogens is 232 g/mol. The number of ether oxygens (including phenoxy) is 1. The number of hydrogen-bond acceptors (Lipinski definition) is 3. The molecule has 0 aliphatic rings. The van der Waals surface area contributed by atoms with Crippen molar-refractivity contribution in [3.8, 4) is 11.8 Å². The lowest BCUT2D eigenvalue weighted by Gasteiger charge is -2.02. The van der Waals surface area contributed by atoms with Gasteiger partial charge in [0.05, 0.1) is 0 Å². The molecule has 3 heteroatoms. The van der Waals surface area contributed by atoms with Crippen LogP contribution in [0.2, 0.25) is 0 Å². The van der Waals surface area contributed by atoms with E-state index in [1.54, 1.807) is 7.11 Å². The highest BCUT2D eigenvalue weighted by Crippen LogP contribution is 2.13. The molecule has 0 saturated carbocycles. The fraction of sp³-hybridized carbons (Fsp3) is 0.429. The highest BCUT2D eigenvalue weighted by molar-refractivity contribution is 7.98. The molecule has 0 spiro atoms. The van der Waals surface area contributed by atoms with Crippen molar-refractivity contribution in [2.45, 2.75) is 12.2 Å². The lowest BCUT2D eigenvalue weighted by molar-refractivity contribution is 0.200. The van der Waals surface area contributed by atoms with Crippen molar-refractivity contribution >= 4 is 11.8 Å². The zero-order chi connectivity index (χ0) is 12.3. The summed E-state index contributed by atoms with van der Waals surface area (Å²) < 4.78 is 5.00. The monoisotopic (exact) mass is 250 g/mol. The van der Waals surface area contributed by atoms with Gasteiger partial charge in [-0.2, -0.15) is 11.8 Å². The number of rotatable bonds is 6. The van der Waals surface area contributed by atoms with Gasteiger partial charge in [0.15, 0.2) is 0 Å². The van der Waals surface area contributed by atoms with Crippen LogP contribution in [-0.4, -0.2) is 31.2 Å². The van der Waals surface area contributed by atoms with Crippen LogP contribution in [-0.2, 0) is 10.5 Å². The van der Waals surface area contributed by atoms with Crippen LogP contribution in [0.1, 0.15) is 17.5 Å². The van der Waals surface area contributed by atoms with Crippen molar-refractivity contribution in [1.82, 2.24) is 0 Å². The summed E-state index contributed by atoms with van der Waals surface area (Å²) >= 11 is 1.91. The van der Waals surface area contributed by atoms with E-state index in [0.717, 1.165) is 30.1 Å². The minimum atomic E-state index is -0.0862. The maximum absolute atomic E-state index is 8.58. The number of thioether (sulfide) groups is 1. The van der Waals surface area contributed by atoms with Crippen LogP contribution in [0.4, 0.5) is 0 Å². The Hall–Kier alpha value is -0.950. The van der Waals surface area contributed by atoms with Gasteiger partial charge in [-0.15, -0.1) is 0 Å². The molecule has 1 aromatic carbocycles. The van der Waals surface area contributed by atoms with Crippen LogP contribution in [0.15, 0.2) is 24.3 Å². The zero-order valence-electron chi connectivity index (χ0n) is 10.1. The molecule has 0 atom stereocenters. The van der Waals surface area contributed by atoms with Gasteiger partial charge in [0.25, 0.3) is 0 Å². The molecule has 17 heavy (non-hydrogen) atoms. The average Bonchev–Trinajstić information content (AvgIpc) is 2.37. The Kier molecular flexibility index (Phi) is 7.57. The molecule has 0 amide bonds. The van der Waals surface area contributed by atoms with Crippen LogP contribution < -0.4 is 0 Å². The second-order valence-electron chi connectivity index (χ2n) is 3.56. The molecule has 1 rings (SSSR count). The Labute approximate surface area is 107 Å². The second kappa shape index (κ2) is 9.12. The number of hydrogen-bond donors (Lipinski definition) is 1. The van der Waals surface area contributed by atoms with Gasteiger partial charge in [-0.3, -0.25) is 0 Å². The summed E-state index contributed by atoms with van der Waals surface area (Å²) in [6.07, 6.45) is 1.10. The van der Waals surface area contributed by atoms with Crippen LogP contribution in [0, 0.1) is 11.8 Å². The predicted octanol–water partition coefficient (Wildman–Crippen LogP) is 2.30. The molecule has 1 N–H and O–H groups in total. The SMILES string of the molecule is COCCCSCc1ccc(C#CCO)cc1. The van der Waals surface area contributed by atoms with E-state index in [1.807, 2.05) is 23.9 Å². The number of aliphatic hydroxyl groups excluding tert-OH is 1. The van der Waals surface area contributed by atoms with Gasteiger partial charge in [0.1, 0.15) is 6.61 Å². The fourth-order valence-electron chi connectivity index (χ4n) is 1.32. The molecule has 0 aliphatic carbocycles. The van der Waals surface area contributed by atoms with Gasteiger partial charge in [0.2, 0.25) is 0 Å². The molecule has 0 aromatic heterocycles. The Morgan fingerprint density at radius 3 is 2.71 bits per heavy atom. The third-order valence-corrected chi connectivity index (χ3v) is 3.29. The van der Waals surface area contributed by atoms with Crippen molar-refractivity contribution < 1.29 is 9.84 Å². The van der Waals surface area contributed by atoms with E-state index in [-0.39, 0.29) is 6.61 Å². The van der Waals surface area contributed by atoms with E-state index >= 15 is 0 Å². The maximum atomic E-state index is 8.58. The Bertz CT molecular complexity index is 362. The second-order valence-corrected chi connectivity index (χ2v) is 4.66. The normalized spacial score (nSPS) is 9.76. The molecule has 0 radical (unpaired) electrons. The van der Waals surface area contributed by atoms with E-state index in [1.165, 1.54) is 5.56 Å². The predicted molar refractivity (Wildman–Crippen MR) is 73.1 cm³/mol. The van der Waals surface area contributed by atoms with Crippen LogP contribution in [0.3, 0.4) is 0 Å². The van der Waals surface area contributed by atoms with Crippen molar-refractivity contribution in [2.24, 2.45) is 0 Å². The van der Waals surface area contributed by atoms with Gasteiger partial charge >= 0.3 is 0 Å². The smallest absolute Gasteiger partial charge is 0.104 e. The average molecular weight is 250 g/mol. The molecule has 0 saturated heterocycles. The molecule has 0 bridgehead atoms. The molecule has 92 valence electrons. The summed E-state index contributed by atoms with van der Waals surface area (Å²) in [6, 6.07) is 8.16. The topological polar surface area (TPSA) is 29.5 Å². The van der Waals surface area contributed by atoms with E-state index in [4.69, 9.17) is 9.84 Å². The molecule has 2 nitrogen and oxygen atoms in total. The summed E-state index contributed by atoms with van der Waals surface area (Å²) in [7, 11) is 1.73. The summed E-state index contributed by atoms with van der Waals surface area (Å²) in [5.41, 5.74) is 2.26. The Balaban J connectivity index is 2.30. The highest BCUT2D eigenvalue weighted by Gasteiger charge is 1.94. The molecular formula is C14H18O2S. The summed E-state index contributed by atoms with van der Waals surface area (Å²) in [6.45, 7) is 0.750. The largest absolute Gasteiger partial charge is 0.385 e. The lowest BCUT2D eigenvalue weighted by Crippen LogP contribution is -1.91. The van der Waals surface area contributed by atoms with Gasteiger partial charge in [0, 0.05) is 25.0 Å². The highest BCUT2D eigenvalue weighted by atomic mass is 32.2. The minimum absolute atomic E-state index is 0.0862. The molecule has 1 aromatic rings. The first-order valence-electron chi connectivity index (χ1n) is 5.62. The van der Waals surface area contributed by atoms with Gasteiger partial charge in [-0.25, -0.2) is 0 Å². The van der Waals surface area contributed by atoms with E-state index in [2.05, 4.69) is 24.0 Å². The molecule has 0 heterocycles. The van der Waals surface area contributed by atoms with E-state index in [0.29, 0.717) is 0 Å². The quantitative estimate of drug-likeness (QED) is 0.620. The number of methoxy groups -OCH3 is 1. The first-order valence-corrected chi connectivity index (χ1v) is 6.77. The Morgan fingerprint density at radius 1 is 1.29 bits per heavy atom. The first kappa shape index (κ1) is 14.1. The van der Waals surface area contributed by atoms with Crippen LogP contribution in [0.25, 0.3) is 0 Å². The maximum Gasteiger partial charge on any atom is 0.104 e. The zero-order valence-corrected chi connectivity index (χ0v) is 10.9. The summed E-state index contributed by atoms with van der Waals surface area (Å²) in [5, 5.41) is 8.58.